The Labute approximate surface area is 110 Å². The number of aromatic hydroxyl groups is 1. The standard InChI is InChI=1S/C14H13NO4/c1-18-14(17)13(15-19-2)11-5-3-4-9-6-7-10(16)8-12(9)11/h3-8,16H,1-2H3. The number of fused-ring (bicyclic) bond motifs is 1. The zero-order valence-corrected chi connectivity index (χ0v) is 10.6. The lowest BCUT2D eigenvalue weighted by Gasteiger charge is -2.08. The molecule has 1 N–H and O–H groups in total. The number of nitrogens with zero attached hydrogens (tertiary/aromatic N) is 1. The molecule has 2 rings (SSSR count). The lowest BCUT2D eigenvalue weighted by Crippen LogP contribution is -2.17. The fourth-order valence-corrected chi connectivity index (χ4v) is 1.85. The van der Waals surface area contributed by atoms with Crippen molar-refractivity contribution in [2.45, 2.75) is 0 Å². The number of phenolic OH excluding ortho intramolecular Hbond substituents is 1. The smallest absolute Gasteiger partial charge is 0.360 e. The molecule has 0 atom stereocenters. The number of methoxy groups -OCH3 is 1. The van der Waals surface area contributed by atoms with Crippen molar-refractivity contribution in [1.29, 1.82) is 0 Å². The minimum Gasteiger partial charge on any atom is -0.508 e. The first kappa shape index (κ1) is 12.9. The Morgan fingerprint density at radius 3 is 2.68 bits per heavy atom. The van der Waals surface area contributed by atoms with Crippen LogP contribution in [0.3, 0.4) is 0 Å². The maximum absolute atomic E-state index is 11.7. The van der Waals surface area contributed by atoms with Crippen LogP contribution in [0.15, 0.2) is 41.6 Å². The average molecular weight is 259 g/mol. The van der Waals surface area contributed by atoms with Gasteiger partial charge in [0.1, 0.15) is 12.9 Å². The van der Waals surface area contributed by atoms with Crippen molar-refractivity contribution in [3.05, 3.63) is 42.0 Å². The minimum atomic E-state index is -0.599. The van der Waals surface area contributed by atoms with Crippen molar-refractivity contribution in [2.24, 2.45) is 5.16 Å². The Morgan fingerprint density at radius 2 is 2.00 bits per heavy atom. The monoisotopic (exact) mass is 259 g/mol. The highest BCUT2D eigenvalue weighted by Gasteiger charge is 2.18. The Morgan fingerprint density at radius 1 is 1.21 bits per heavy atom. The van der Waals surface area contributed by atoms with Crippen LogP contribution in [0.1, 0.15) is 5.56 Å². The summed E-state index contributed by atoms with van der Waals surface area (Å²) in [5, 5.41) is 14.9. The highest BCUT2D eigenvalue weighted by atomic mass is 16.6. The molecule has 98 valence electrons. The summed E-state index contributed by atoms with van der Waals surface area (Å²) in [6.07, 6.45) is 0. The molecule has 0 aliphatic heterocycles. The number of hydrogen-bond donors (Lipinski definition) is 1. The summed E-state index contributed by atoms with van der Waals surface area (Å²) < 4.78 is 4.69. The van der Waals surface area contributed by atoms with Gasteiger partial charge < -0.3 is 14.7 Å². The Hall–Kier alpha value is -2.56. The van der Waals surface area contributed by atoms with E-state index in [1.807, 2.05) is 6.07 Å². The lowest BCUT2D eigenvalue weighted by atomic mass is 10.0. The van der Waals surface area contributed by atoms with Gasteiger partial charge in [-0.3, -0.25) is 0 Å². The highest BCUT2D eigenvalue weighted by molar-refractivity contribution is 6.45. The molecular weight excluding hydrogens is 246 g/mol. The molecule has 2 aromatic carbocycles. The number of rotatable bonds is 3. The van der Waals surface area contributed by atoms with E-state index in [2.05, 4.69) is 14.7 Å². The van der Waals surface area contributed by atoms with Gasteiger partial charge in [0.15, 0.2) is 5.71 Å². The molecule has 0 spiro atoms. The van der Waals surface area contributed by atoms with Crippen molar-refractivity contribution >= 4 is 22.5 Å². The molecule has 0 heterocycles. The van der Waals surface area contributed by atoms with E-state index in [-0.39, 0.29) is 11.5 Å². The molecule has 19 heavy (non-hydrogen) atoms. The van der Waals surface area contributed by atoms with Crippen LogP contribution in [0.5, 0.6) is 5.75 Å². The predicted molar refractivity (Wildman–Crippen MR) is 71.2 cm³/mol. The Balaban J connectivity index is 2.69. The van der Waals surface area contributed by atoms with Gasteiger partial charge in [0.2, 0.25) is 0 Å². The van der Waals surface area contributed by atoms with Crippen LogP contribution >= 0.6 is 0 Å². The number of oxime groups is 1. The molecule has 0 saturated carbocycles. The molecule has 0 unspecified atom stereocenters. The summed E-state index contributed by atoms with van der Waals surface area (Å²) >= 11 is 0. The maximum atomic E-state index is 11.7. The number of ether oxygens (including phenoxy) is 1. The second-order valence-corrected chi connectivity index (χ2v) is 3.83. The molecule has 5 heteroatoms. The molecule has 2 aromatic rings. The molecule has 0 aromatic heterocycles. The first-order valence-electron chi connectivity index (χ1n) is 5.59. The van der Waals surface area contributed by atoms with Gasteiger partial charge >= 0.3 is 5.97 Å². The van der Waals surface area contributed by atoms with Crippen molar-refractivity contribution in [2.75, 3.05) is 14.2 Å². The third-order valence-electron chi connectivity index (χ3n) is 2.68. The summed E-state index contributed by atoms with van der Waals surface area (Å²) in [5.41, 5.74) is 0.600. The van der Waals surface area contributed by atoms with Crippen molar-refractivity contribution in [1.82, 2.24) is 0 Å². The van der Waals surface area contributed by atoms with Gasteiger partial charge in [-0.2, -0.15) is 0 Å². The number of esters is 1. The van der Waals surface area contributed by atoms with Crippen molar-refractivity contribution < 1.29 is 19.5 Å². The normalized spacial score (nSPS) is 11.4. The SMILES string of the molecule is CON=C(C(=O)OC)c1cccc2ccc(O)cc12. The summed E-state index contributed by atoms with van der Waals surface area (Å²) in [6.45, 7) is 0. The summed E-state index contributed by atoms with van der Waals surface area (Å²) in [4.78, 5) is 16.4. The number of carbonyl (C=O) groups is 1. The van der Waals surface area contributed by atoms with Crippen molar-refractivity contribution in [3.8, 4) is 5.75 Å². The fourth-order valence-electron chi connectivity index (χ4n) is 1.85. The van der Waals surface area contributed by atoms with E-state index < -0.39 is 5.97 Å². The van der Waals surface area contributed by atoms with Gasteiger partial charge in [-0.1, -0.05) is 29.4 Å². The second-order valence-electron chi connectivity index (χ2n) is 3.83. The zero-order valence-electron chi connectivity index (χ0n) is 10.6. The van der Waals surface area contributed by atoms with Crippen LogP contribution < -0.4 is 0 Å². The molecule has 0 saturated heterocycles. The largest absolute Gasteiger partial charge is 0.508 e. The topological polar surface area (TPSA) is 68.1 Å². The zero-order chi connectivity index (χ0) is 13.8. The fraction of sp³-hybridized carbons (Fsp3) is 0.143. The van der Waals surface area contributed by atoms with E-state index in [0.717, 1.165) is 5.39 Å². The third-order valence-corrected chi connectivity index (χ3v) is 2.68. The van der Waals surface area contributed by atoms with E-state index in [0.29, 0.717) is 10.9 Å². The molecule has 5 nitrogen and oxygen atoms in total. The number of benzene rings is 2. The number of hydrogen-bond acceptors (Lipinski definition) is 5. The number of carbonyl (C=O) groups excluding carboxylic acids is 1. The van der Waals surface area contributed by atoms with Crippen LogP contribution in [-0.4, -0.2) is 31.0 Å². The summed E-state index contributed by atoms with van der Waals surface area (Å²) in [5.74, 6) is -0.487. The van der Waals surface area contributed by atoms with Gasteiger partial charge in [0.05, 0.1) is 7.11 Å². The van der Waals surface area contributed by atoms with E-state index in [1.54, 1.807) is 30.3 Å². The highest BCUT2D eigenvalue weighted by Crippen LogP contribution is 2.24. The third kappa shape index (κ3) is 2.49. The van der Waals surface area contributed by atoms with E-state index in [9.17, 15) is 9.90 Å². The molecule has 0 aliphatic carbocycles. The Bertz CT molecular complexity index is 649. The molecule has 0 radical (unpaired) electrons. The molecule has 0 amide bonds. The summed E-state index contributed by atoms with van der Waals surface area (Å²) in [6, 6.07) is 10.3. The van der Waals surface area contributed by atoms with Crippen LogP contribution in [0.25, 0.3) is 10.8 Å². The van der Waals surface area contributed by atoms with E-state index in [1.165, 1.54) is 14.2 Å². The van der Waals surface area contributed by atoms with Gasteiger partial charge in [0, 0.05) is 5.56 Å². The van der Waals surface area contributed by atoms with Gasteiger partial charge in [-0.25, -0.2) is 4.79 Å². The Kier molecular flexibility index (Phi) is 3.66. The van der Waals surface area contributed by atoms with Gasteiger partial charge in [-0.15, -0.1) is 0 Å². The van der Waals surface area contributed by atoms with Crippen LogP contribution in [0.4, 0.5) is 0 Å². The molecular formula is C14H13NO4. The quantitative estimate of drug-likeness (QED) is 0.520. The van der Waals surface area contributed by atoms with Gasteiger partial charge in [-0.05, 0) is 22.9 Å². The molecule has 0 fully saturated rings. The summed E-state index contributed by atoms with van der Waals surface area (Å²) in [7, 11) is 2.63. The van der Waals surface area contributed by atoms with Gasteiger partial charge in [0.25, 0.3) is 0 Å². The first-order chi connectivity index (χ1) is 9.17. The maximum Gasteiger partial charge on any atom is 0.360 e. The van der Waals surface area contributed by atoms with E-state index >= 15 is 0 Å². The van der Waals surface area contributed by atoms with Crippen molar-refractivity contribution in [3.63, 3.8) is 0 Å². The minimum absolute atomic E-state index is 0.0567. The molecule has 0 bridgehead atoms. The molecule has 0 aliphatic rings. The van der Waals surface area contributed by atoms with Crippen LogP contribution in [0.2, 0.25) is 0 Å². The second kappa shape index (κ2) is 5.39. The predicted octanol–water partition coefficient (Wildman–Crippen LogP) is 2.07. The van der Waals surface area contributed by atoms with Crippen LogP contribution in [-0.2, 0) is 14.4 Å². The van der Waals surface area contributed by atoms with E-state index in [4.69, 9.17) is 0 Å². The van der Waals surface area contributed by atoms with Crippen LogP contribution in [0, 0.1) is 0 Å². The first-order valence-corrected chi connectivity index (χ1v) is 5.59. The lowest BCUT2D eigenvalue weighted by molar-refractivity contribution is -0.132. The average Bonchev–Trinajstić information content (AvgIpc) is 2.43. The number of phenols is 1.